The summed E-state index contributed by atoms with van der Waals surface area (Å²) in [5.74, 6) is 2.67. The molecule has 0 amide bonds. The van der Waals surface area contributed by atoms with E-state index in [0.29, 0.717) is 5.92 Å². The summed E-state index contributed by atoms with van der Waals surface area (Å²) in [6, 6.07) is 2.11. The molecule has 0 unspecified atom stereocenters. The number of rotatable bonds is 3. The number of piperidine rings is 1. The Morgan fingerprint density at radius 1 is 1.30 bits per heavy atom. The minimum absolute atomic E-state index is 0.500. The second kappa shape index (κ2) is 7.05. The van der Waals surface area contributed by atoms with Crippen molar-refractivity contribution in [2.75, 3.05) is 30.3 Å². The highest BCUT2D eigenvalue weighted by Crippen LogP contribution is 2.36. The summed E-state index contributed by atoms with van der Waals surface area (Å²) in [4.78, 5) is 19.6. The minimum atomic E-state index is 0.500. The van der Waals surface area contributed by atoms with Gasteiger partial charge in [-0.1, -0.05) is 0 Å². The van der Waals surface area contributed by atoms with E-state index in [1.165, 1.54) is 34.4 Å². The topological polar surface area (TPSA) is 72.6 Å². The van der Waals surface area contributed by atoms with Gasteiger partial charge in [0, 0.05) is 53.6 Å². The Labute approximate surface area is 162 Å². The molecule has 140 valence electrons. The molecule has 0 aliphatic carbocycles. The number of aryl methyl sites for hydroxylation is 1. The third-order valence-electron chi connectivity index (χ3n) is 5.47. The quantitative estimate of drug-likeness (QED) is 0.647. The lowest BCUT2D eigenvalue weighted by atomic mass is 9.99. The number of anilines is 1. The van der Waals surface area contributed by atoms with Gasteiger partial charge in [-0.25, -0.2) is 9.97 Å². The predicted octanol–water partition coefficient (Wildman–Crippen LogP) is 3.61. The van der Waals surface area contributed by atoms with E-state index < -0.39 is 0 Å². The minimum Gasteiger partial charge on any atom is -0.346 e. The Kier molecular flexibility index (Phi) is 4.41. The number of nitrogens with zero attached hydrogens (tertiary/aromatic N) is 3. The molecule has 1 saturated heterocycles. The molecule has 5 rings (SSSR count). The molecule has 0 spiro atoms. The number of aromatic amines is 2. The van der Waals surface area contributed by atoms with Gasteiger partial charge in [0.05, 0.1) is 17.6 Å². The van der Waals surface area contributed by atoms with Crippen molar-refractivity contribution in [1.82, 2.24) is 25.3 Å². The smallest absolute Gasteiger partial charge is 0.139 e. The van der Waals surface area contributed by atoms with Gasteiger partial charge >= 0.3 is 0 Å². The van der Waals surface area contributed by atoms with E-state index >= 15 is 0 Å². The van der Waals surface area contributed by atoms with Crippen LogP contribution in [0.2, 0.25) is 0 Å². The fourth-order valence-corrected chi connectivity index (χ4v) is 5.00. The van der Waals surface area contributed by atoms with Gasteiger partial charge in [-0.2, -0.15) is 0 Å². The largest absolute Gasteiger partial charge is 0.346 e. The zero-order chi connectivity index (χ0) is 18.2. The third kappa shape index (κ3) is 3.15. The van der Waals surface area contributed by atoms with Crippen molar-refractivity contribution in [2.45, 2.75) is 25.7 Å². The van der Waals surface area contributed by atoms with E-state index in [4.69, 9.17) is 0 Å². The monoisotopic (exact) mass is 380 g/mol. The number of hydrogen-bond acceptors (Lipinski definition) is 5. The summed E-state index contributed by atoms with van der Waals surface area (Å²) in [5.41, 5.74) is 4.52. The molecule has 3 aromatic rings. The first-order chi connectivity index (χ1) is 13.3. The average molecular weight is 381 g/mol. The molecular weight excluding hydrogens is 356 g/mol. The van der Waals surface area contributed by atoms with Crippen molar-refractivity contribution in [3.63, 3.8) is 0 Å². The van der Waals surface area contributed by atoms with Gasteiger partial charge in [-0.3, -0.25) is 0 Å². The molecule has 3 N–H and O–H groups in total. The molecule has 0 radical (unpaired) electrons. The second-order valence-electron chi connectivity index (χ2n) is 7.29. The molecule has 5 heterocycles. The SMILES string of the molecule is Cc1c[nH]c2nccc(N3C=C(c4cnc([C@@H]5CCCNC5)[nH]4)SCC3)c12. The van der Waals surface area contributed by atoms with Crippen molar-refractivity contribution in [3.8, 4) is 0 Å². The van der Waals surface area contributed by atoms with Crippen molar-refractivity contribution >= 4 is 33.4 Å². The predicted molar refractivity (Wildman–Crippen MR) is 112 cm³/mol. The van der Waals surface area contributed by atoms with Crippen molar-refractivity contribution < 1.29 is 0 Å². The van der Waals surface area contributed by atoms with Crippen LogP contribution in [0.3, 0.4) is 0 Å². The van der Waals surface area contributed by atoms with E-state index in [-0.39, 0.29) is 0 Å². The Morgan fingerprint density at radius 3 is 3.15 bits per heavy atom. The number of thioether (sulfide) groups is 1. The highest BCUT2D eigenvalue weighted by molar-refractivity contribution is 8.08. The summed E-state index contributed by atoms with van der Waals surface area (Å²) < 4.78 is 0. The van der Waals surface area contributed by atoms with Crippen molar-refractivity contribution in [1.29, 1.82) is 0 Å². The molecule has 7 heteroatoms. The maximum Gasteiger partial charge on any atom is 0.139 e. The lowest BCUT2D eigenvalue weighted by molar-refractivity contribution is 0.449. The van der Waals surface area contributed by atoms with Crippen molar-refractivity contribution in [2.24, 2.45) is 0 Å². The molecule has 2 aliphatic heterocycles. The van der Waals surface area contributed by atoms with Crippen LogP contribution in [0, 0.1) is 6.92 Å². The van der Waals surface area contributed by atoms with E-state index in [9.17, 15) is 0 Å². The molecule has 0 saturated carbocycles. The second-order valence-corrected chi connectivity index (χ2v) is 8.42. The fourth-order valence-electron chi connectivity index (χ4n) is 4.03. The zero-order valence-corrected chi connectivity index (χ0v) is 16.3. The summed E-state index contributed by atoms with van der Waals surface area (Å²) in [6.07, 6.45) is 10.6. The molecule has 0 bridgehead atoms. The number of fused-ring (bicyclic) bond motifs is 1. The van der Waals surface area contributed by atoms with Crippen LogP contribution in [-0.4, -0.2) is 45.3 Å². The Balaban J connectivity index is 1.46. The van der Waals surface area contributed by atoms with Gasteiger partial charge < -0.3 is 20.2 Å². The molecule has 1 atom stereocenters. The number of nitrogens with one attached hydrogen (secondary N) is 3. The molecule has 1 fully saturated rings. The van der Waals surface area contributed by atoms with Crippen LogP contribution in [0.5, 0.6) is 0 Å². The Bertz CT molecular complexity index is 981. The molecule has 2 aliphatic rings. The number of aromatic nitrogens is 4. The highest BCUT2D eigenvalue weighted by atomic mass is 32.2. The summed E-state index contributed by atoms with van der Waals surface area (Å²) in [6.45, 7) is 5.27. The average Bonchev–Trinajstić information content (AvgIpc) is 3.36. The van der Waals surface area contributed by atoms with Crippen LogP contribution in [0.15, 0.2) is 30.9 Å². The van der Waals surface area contributed by atoms with Crippen LogP contribution < -0.4 is 10.2 Å². The van der Waals surface area contributed by atoms with E-state index in [1.54, 1.807) is 0 Å². The van der Waals surface area contributed by atoms with E-state index in [0.717, 1.165) is 42.6 Å². The van der Waals surface area contributed by atoms with Crippen LogP contribution in [-0.2, 0) is 0 Å². The van der Waals surface area contributed by atoms with Gasteiger partial charge in [-0.15, -0.1) is 11.8 Å². The Hall–Kier alpha value is -2.25. The maximum atomic E-state index is 4.69. The number of pyridine rings is 1. The molecular formula is C20H24N6S. The van der Waals surface area contributed by atoms with Gasteiger partial charge in [0.15, 0.2) is 0 Å². The summed E-state index contributed by atoms with van der Waals surface area (Å²) in [5, 5.41) is 4.68. The van der Waals surface area contributed by atoms with Gasteiger partial charge in [0.2, 0.25) is 0 Å². The summed E-state index contributed by atoms with van der Waals surface area (Å²) in [7, 11) is 0. The van der Waals surface area contributed by atoms with Crippen LogP contribution in [0.25, 0.3) is 15.9 Å². The lowest BCUT2D eigenvalue weighted by Crippen LogP contribution is -2.28. The number of imidazole rings is 1. The first-order valence-corrected chi connectivity index (χ1v) is 10.6. The molecule has 3 aromatic heterocycles. The van der Waals surface area contributed by atoms with E-state index in [1.807, 2.05) is 30.4 Å². The normalized spacial score (nSPS) is 20.9. The summed E-state index contributed by atoms with van der Waals surface area (Å²) >= 11 is 1.90. The van der Waals surface area contributed by atoms with Crippen LogP contribution in [0.4, 0.5) is 5.69 Å². The number of H-pyrrole nitrogens is 2. The highest BCUT2D eigenvalue weighted by Gasteiger charge is 2.21. The standard InChI is InChI=1S/C20H24N6S/c1-13-9-23-20-18(13)16(4-6-22-20)26-7-8-27-17(12-26)15-11-24-19(25-15)14-3-2-5-21-10-14/h4,6,9,11-12,14,21H,2-3,5,7-8,10H2,1H3,(H,22,23)(H,24,25)/t14-/m1/s1. The molecule has 6 nitrogen and oxygen atoms in total. The van der Waals surface area contributed by atoms with Gasteiger partial charge in [0.1, 0.15) is 11.5 Å². The first kappa shape index (κ1) is 16.9. The third-order valence-corrected chi connectivity index (χ3v) is 6.49. The molecule has 27 heavy (non-hydrogen) atoms. The van der Waals surface area contributed by atoms with E-state index in [2.05, 4.69) is 49.3 Å². The van der Waals surface area contributed by atoms with Crippen LogP contribution >= 0.6 is 11.8 Å². The lowest BCUT2D eigenvalue weighted by Gasteiger charge is -2.27. The molecule has 0 aromatic carbocycles. The number of hydrogen-bond donors (Lipinski definition) is 3. The van der Waals surface area contributed by atoms with Gasteiger partial charge in [0.25, 0.3) is 0 Å². The maximum absolute atomic E-state index is 4.69. The Morgan fingerprint density at radius 2 is 2.26 bits per heavy atom. The van der Waals surface area contributed by atoms with Crippen molar-refractivity contribution in [3.05, 3.63) is 47.9 Å². The fraction of sp³-hybridized carbons (Fsp3) is 0.400. The van der Waals surface area contributed by atoms with Crippen LogP contribution in [0.1, 0.15) is 35.8 Å². The van der Waals surface area contributed by atoms with Gasteiger partial charge in [-0.05, 0) is 37.9 Å². The zero-order valence-electron chi connectivity index (χ0n) is 15.5. The first-order valence-electron chi connectivity index (χ1n) is 9.59.